The number of ether oxygens (including phenoxy) is 1. The van der Waals surface area contributed by atoms with Gasteiger partial charge in [0.1, 0.15) is 17.3 Å². The SMILES string of the molecule is Cc1ccc(CCN)cc1Oc1cc(F)cc(Br)c1. The molecule has 0 aliphatic carbocycles. The summed E-state index contributed by atoms with van der Waals surface area (Å²) in [7, 11) is 0. The lowest BCUT2D eigenvalue weighted by atomic mass is 10.1. The van der Waals surface area contributed by atoms with Gasteiger partial charge in [0.25, 0.3) is 0 Å². The van der Waals surface area contributed by atoms with Crippen LogP contribution in [0.4, 0.5) is 4.39 Å². The Morgan fingerprint density at radius 3 is 2.68 bits per heavy atom. The Morgan fingerprint density at radius 2 is 2.00 bits per heavy atom. The quantitative estimate of drug-likeness (QED) is 0.915. The highest BCUT2D eigenvalue weighted by Gasteiger charge is 2.05. The molecule has 2 N–H and O–H groups in total. The van der Waals surface area contributed by atoms with Gasteiger partial charge in [0.15, 0.2) is 0 Å². The van der Waals surface area contributed by atoms with Gasteiger partial charge in [-0.15, -0.1) is 0 Å². The van der Waals surface area contributed by atoms with Gasteiger partial charge in [-0.1, -0.05) is 28.1 Å². The number of hydrogen-bond donors (Lipinski definition) is 1. The molecule has 2 aromatic carbocycles. The first kappa shape index (κ1) is 14.0. The molecule has 0 radical (unpaired) electrons. The van der Waals surface area contributed by atoms with Crippen molar-refractivity contribution in [1.29, 1.82) is 0 Å². The van der Waals surface area contributed by atoms with Gasteiger partial charge in [0.2, 0.25) is 0 Å². The Hall–Kier alpha value is -1.39. The fourth-order valence-electron chi connectivity index (χ4n) is 1.79. The Kier molecular flexibility index (Phi) is 4.56. The molecular formula is C15H15BrFNO. The van der Waals surface area contributed by atoms with E-state index in [1.165, 1.54) is 12.1 Å². The van der Waals surface area contributed by atoms with Gasteiger partial charge in [-0.2, -0.15) is 0 Å². The average molecular weight is 324 g/mol. The predicted octanol–water partition coefficient (Wildman–Crippen LogP) is 4.19. The average Bonchev–Trinajstić information content (AvgIpc) is 2.32. The van der Waals surface area contributed by atoms with Gasteiger partial charge < -0.3 is 10.5 Å². The first-order valence-electron chi connectivity index (χ1n) is 6.02. The van der Waals surface area contributed by atoms with Crippen molar-refractivity contribution in [3.63, 3.8) is 0 Å². The van der Waals surface area contributed by atoms with Crippen molar-refractivity contribution < 1.29 is 9.13 Å². The maximum Gasteiger partial charge on any atom is 0.131 e. The van der Waals surface area contributed by atoms with Crippen molar-refractivity contribution in [2.24, 2.45) is 5.73 Å². The third-order valence-corrected chi connectivity index (χ3v) is 3.21. The molecule has 0 aromatic heterocycles. The second-order valence-electron chi connectivity index (χ2n) is 4.35. The van der Waals surface area contributed by atoms with E-state index >= 15 is 0 Å². The molecule has 0 aliphatic rings. The monoisotopic (exact) mass is 323 g/mol. The van der Waals surface area contributed by atoms with E-state index in [1.54, 1.807) is 6.07 Å². The van der Waals surface area contributed by atoms with Gasteiger partial charge in [0.05, 0.1) is 0 Å². The van der Waals surface area contributed by atoms with Gasteiger partial charge in [0, 0.05) is 10.5 Å². The minimum absolute atomic E-state index is 0.333. The second kappa shape index (κ2) is 6.17. The molecule has 2 rings (SSSR count). The van der Waals surface area contributed by atoms with Crippen LogP contribution in [0.3, 0.4) is 0 Å². The van der Waals surface area contributed by atoms with E-state index in [-0.39, 0.29) is 5.82 Å². The third-order valence-electron chi connectivity index (χ3n) is 2.75. The fourth-order valence-corrected chi connectivity index (χ4v) is 2.24. The van der Waals surface area contributed by atoms with Crippen LogP contribution in [0.1, 0.15) is 11.1 Å². The van der Waals surface area contributed by atoms with Crippen LogP contribution in [0.25, 0.3) is 0 Å². The summed E-state index contributed by atoms with van der Waals surface area (Å²) in [4.78, 5) is 0. The summed E-state index contributed by atoms with van der Waals surface area (Å²) in [5.74, 6) is 0.864. The summed E-state index contributed by atoms with van der Waals surface area (Å²) in [5.41, 5.74) is 7.66. The van der Waals surface area contributed by atoms with Crippen molar-refractivity contribution in [2.75, 3.05) is 6.54 Å². The van der Waals surface area contributed by atoms with E-state index in [0.29, 0.717) is 16.8 Å². The maximum atomic E-state index is 13.3. The van der Waals surface area contributed by atoms with Crippen LogP contribution in [-0.2, 0) is 6.42 Å². The molecule has 2 nitrogen and oxygen atoms in total. The summed E-state index contributed by atoms with van der Waals surface area (Å²) < 4.78 is 19.7. The summed E-state index contributed by atoms with van der Waals surface area (Å²) >= 11 is 3.25. The molecule has 4 heteroatoms. The van der Waals surface area contributed by atoms with Gasteiger partial charge in [-0.3, -0.25) is 0 Å². The van der Waals surface area contributed by atoms with Crippen LogP contribution in [-0.4, -0.2) is 6.54 Å². The zero-order valence-electron chi connectivity index (χ0n) is 10.6. The van der Waals surface area contributed by atoms with Crippen LogP contribution in [0.15, 0.2) is 40.9 Å². The highest BCUT2D eigenvalue weighted by Crippen LogP contribution is 2.29. The zero-order chi connectivity index (χ0) is 13.8. The van der Waals surface area contributed by atoms with Crippen LogP contribution in [0.5, 0.6) is 11.5 Å². The van der Waals surface area contributed by atoms with Gasteiger partial charge in [-0.05, 0) is 49.2 Å². The minimum Gasteiger partial charge on any atom is -0.457 e. The molecule has 0 atom stereocenters. The van der Waals surface area contributed by atoms with Crippen molar-refractivity contribution in [3.8, 4) is 11.5 Å². The van der Waals surface area contributed by atoms with Crippen LogP contribution >= 0.6 is 15.9 Å². The number of rotatable bonds is 4. The second-order valence-corrected chi connectivity index (χ2v) is 5.26. The maximum absolute atomic E-state index is 13.3. The topological polar surface area (TPSA) is 35.2 Å². The largest absolute Gasteiger partial charge is 0.457 e. The van der Waals surface area contributed by atoms with E-state index < -0.39 is 0 Å². The molecule has 0 unspecified atom stereocenters. The smallest absolute Gasteiger partial charge is 0.131 e. The molecule has 0 fully saturated rings. The minimum atomic E-state index is -0.333. The first-order chi connectivity index (χ1) is 9.08. The standard InChI is InChI=1S/C15H15BrFNO/c1-10-2-3-11(4-5-18)6-15(10)19-14-8-12(16)7-13(17)9-14/h2-3,6-9H,4-5,18H2,1H3. The molecule has 0 amide bonds. The molecule has 19 heavy (non-hydrogen) atoms. The summed E-state index contributed by atoms with van der Waals surface area (Å²) in [5, 5.41) is 0. The fraction of sp³-hybridized carbons (Fsp3) is 0.200. The van der Waals surface area contributed by atoms with Crippen molar-refractivity contribution in [2.45, 2.75) is 13.3 Å². The van der Waals surface area contributed by atoms with E-state index in [2.05, 4.69) is 15.9 Å². The molecule has 0 aliphatic heterocycles. The van der Waals surface area contributed by atoms with Crippen molar-refractivity contribution in [3.05, 3.63) is 57.8 Å². The van der Waals surface area contributed by atoms with E-state index in [0.717, 1.165) is 23.3 Å². The predicted molar refractivity (Wildman–Crippen MR) is 78.1 cm³/mol. The summed E-state index contributed by atoms with van der Waals surface area (Å²) in [6.45, 7) is 2.55. The van der Waals surface area contributed by atoms with Crippen molar-refractivity contribution in [1.82, 2.24) is 0 Å². The Morgan fingerprint density at radius 1 is 1.21 bits per heavy atom. The molecule has 2 aromatic rings. The molecule has 0 heterocycles. The molecule has 100 valence electrons. The lowest BCUT2D eigenvalue weighted by molar-refractivity contribution is 0.472. The van der Waals surface area contributed by atoms with Gasteiger partial charge >= 0.3 is 0 Å². The van der Waals surface area contributed by atoms with E-state index in [1.807, 2.05) is 25.1 Å². The lowest BCUT2D eigenvalue weighted by Crippen LogP contribution is -2.03. The normalized spacial score (nSPS) is 10.5. The van der Waals surface area contributed by atoms with Crippen LogP contribution < -0.4 is 10.5 Å². The number of benzene rings is 2. The first-order valence-corrected chi connectivity index (χ1v) is 6.81. The lowest BCUT2D eigenvalue weighted by Gasteiger charge is -2.11. The van der Waals surface area contributed by atoms with Gasteiger partial charge in [-0.25, -0.2) is 4.39 Å². The summed E-state index contributed by atoms with van der Waals surface area (Å²) in [6, 6.07) is 10.4. The summed E-state index contributed by atoms with van der Waals surface area (Å²) in [6.07, 6.45) is 0.795. The number of hydrogen-bond acceptors (Lipinski definition) is 2. The highest BCUT2D eigenvalue weighted by molar-refractivity contribution is 9.10. The number of aryl methyl sites for hydroxylation is 1. The van der Waals surface area contributed by atoms with Crippen molar-refractivity contribution >= 4 is 15.9 Å². The van der Waals surface area contributed by atoms with Crippen LogP contribution in [0, 0.1) is 12.7 Å². The molecule has 0 spiro atoms. The zero-order valence-corrected chi connectivity index (χ0v) is 12.2. The molecule has 0 saturated heterocycles. The molecule has 0 saturated carbocycles. The molecular weight excluding hydrogens is 309 g/mol. The Bertz CT molecular complexity index is 566. The number of nitrogens with two attached hydrogens (primary N) is 1. The van der Waals surface area contributed by atoms with Crippen LogP contribution in [0.2, 0.25) is 0 Å². The highest BCUT2D eigenvalue weighted by atomic mass is 79.9. The number of halogens is 2. The Labute approximate surface area is 120 Å². The molecule has 0 bridgehead atoms. The Balaban J connectivity index is 2.28. The van der Waals surface area contributed by atoms with E-state index in [9.17, 15) is 4.39 Å². The third kappa shape index (κ3) is 3.78. The van der Waals surface area contributed by atoms with E-state index in [4.69, 9.17) is 10.5 Å².